The van der Waals surface area contributed by atoms with E-state index >= 15 is 0 Å². The van der Waals surface area contributed by atoms with E-state index < -0.39 is 0 Å². The van der Waals surface area contributed by atoms with E-state index in [2.05, 4.69) is 84.9 Å². The van der Waals surface area contributed by atoms with Crippen molar-refractivity contribution >= 4 is 0 Å². The van der Waals surface area contributed by atoms with Crippen LogP contribution in [0, 0.1) is 5.41 Å². The fourth-order valence-electron chi connectivity index (χ4n) is 6.10. The van der Waals surface area contributed by atoms with E-state index in [1.807, 2.05) is 0 Å². The Labute approximate surface area is 155 Å². The zero-order chi connectivity index (χ0) is 17.1. The summed E-state index contributed by atoms with van der Waals surface area (Å²) < 4.78 is 0. The lowest BCUT2D eigenvalue weighted by molar-refractivity contribution is 0.210. The quantitative estimate of drug-likeness (QED) is 0.447. The van der Waals surface area contributed by atoms with Crippen LogP contribution >= 0.6 is 0 Å². The van der Waals surface area contributed by atoms with Crippen molar-refractivity contribution in [3.8, 4) is 11.1 Å². The molecule has 0 fully saturated rings. The van der Waals surface area contributed by atoms with Crippen molar-refractivity contribution in [3.05, 3.63) is 107 Å². The van der Waals surface area contributed by atoms with Crippen LogP contribution in [0.25, 0.3) is 11.1 Å². The van der Waals surface area contributed by atoms with Gasteiger partial charge in [-0.05, 0) is 58.1 Å². The summed E-state index contributed by atoms with van der Waals surface area (Å²) in [4.78, 5) is 0. The Kier molecular flexibility index (Phi) is 2.91. The third-order valence-corrected chi connectivity index (χ3v) is 7.04. The molecule has 2 unspecified atom stereocenters. The SMILES string of the molecule is C1=CC2c3ccccc3CC2(C2c3ccccc3-c3ccccc32)CC1. The lowest BCUT2D eigenvalue weighted by atomic mass is 9.60. The number of hydrogen-bond donors (Lipinski definition) is 0. The molecule has 0 radical (unpaired) electrons. The third kappa shape index (κ3) is 1.75. The maximum atomic E-state index is 2.51. The van der Waals surface area contributed by atoms with Crippen molar-refractivity contribution in [1.29, 1.82) is 0 Å². The first-order chi connectivity index (χ1) is 12.9. The van der Waals surface area contributed by atoms with E-state index in [-0.39, 0.29) is 5.41 Å². The van der Waals surface area contributed by atoms with Crippen molar-refractivity contribution in [3.63, 3.8) is 0 Å². The molecule has 0 aliphatic heterocycles. The monoisotopic (exact) mass is 334 g/mol. The van der Waals surface area contributed by atoms with E-state index in [9.17, 15) is 0 Å². The highest BCUT2D eigenvalue weighted by Gasteiger charge is 2.53. The maximum Gasteiger partial charge on any atom is 0.0170 e. The molecule has 126 valence electrons. The van der Waals surface area contributed by atoms with E-state index in [1.54, 1.807) is 22.3 Å². The molecule has 0 saturated heterocycles. The molecular formula is C26H22. The van der Waals surface area contributed by atoms with Crippen LogP contribution < -0.4 is 0 Å². The highest BCUT2D eigenvalue weighted by atomic mass is 14.6. The highest BCUT2D eigenvalue weighted by Crippen LogP contribution is 2.65. The first-order valence-electron chi connectivity index (χ1n) is 9.81. The summed E-state index contributed by atoms with van der Waals surface area (Å²) in [5.74, 6) is 1.04. The average Bonchev–Trinajstić information content (AvgIpc) is 3.21. The van der Waals surface area contributed by atoms with Crippen molar-refractivity contribution in [1.82, 2.24) is 0 Å². The summed E-state index contributed by atoms with van der Waals surface area (Å²) in [5.41, 5.74) is 9.39. The maximum absolute atomic E-state index is 2.51. The highest BCUT2D eigenvalue weighted by molar-refractivity contribution is 5.79. The van der Waals surface area contributed by atoms with Gasteiger partial charge in [-0.25, -0.2) is 0 Å². The van der Waals surface area contributed by atoms with E-state index in [0.717, 1.165) is 0 Å². The molecule has 0 saturated carbocycles. The molecule has 26 heavy (non-hydrogen) atoms. The summed E-state index contributed by atoms with van der Waals surface area (Å²) in [6.07, 6.45) is 8.60. The summed E-state index contributed by atoms with van der Waals surface area (Å²) >= 11 is 0. The molecular weight excluding hydrogens is 312 g/mol. The van der Waals surface area contributed by atoms with Gasteiger partial charge in [-0.3, -0.25) is 0 Å². The molecule has 2 atom stereocenters. The zero-order valence-corrected chi connectivity index (χ0v) is 14.9. The number of hydrogen-bond acceptors (Lipinski definition) is 0. The first-order valence-corrected chi connectivity index (χ1v) is 9.81. The molecule has 3 aromatic carbocycles. The van der Waals surface area contributed by atoms with Gasteiger partial charge in [0, 0.05) is 11.8 Å². The van der Waals surface area contributed by atoms with Gasteiger partial charge in [0.1, 0.15) is 0 Å². The largest absolute Gasteiger partial charge is 0.0879 e. The molecule has 3 aliphatic carbocycles. The van der Waals surface area contributed by atoms with Gasteiger partial charge in [-0.1, -0.05) is 84.9 Å². The molecule has 0 heterocycles. The molecule has 3 aliphatic rings. The lowest BCUT2D eigenvalue weighted by Gasteiger charge is -2.43. The third-order valence-electron chi connectivity index (χ3n) is 7.04. The Morgan fingerprint density at radius 1 is 0.692 bits per heavy atom. The predicted octanol–water partition coefficient (Wildman–Crippen LogP) is 6.48. The minimum Gasteiger partial charge on any atom is -0.0879 e. The van der Waals surface area contributed by atoms with Gasteiger partial charge in [0.05, 0.1) is 0 Å². The van der Waals surface area contributed by atoms with Crippen LogP contribution in [-0.2, 0) is 6.42 Å². The topological polar surface area (TPSA) is 0 Å². The summed E-state index contributed by atoms with van der Waals surface area (Å²) in [6.45, 7) is 0. The first kappa shape index (κ1) is 14.6. The summed E-state index contributed by atoms with van der Waals surface area (Å²) in [5, 5.41) is 0. The van der Waals surface area contributed by atoms with Gasteiger partial charge < -0.3 is 0 Å². The molecule has 0 amide bonds. The van der Waals surface area contributed by atoms with Crippen LogP contribution in [0.4, 0.5) is 0 Å². The lowest BCUT2D eigenvalue weighted by Crippen LogP contribution is -2.34. The molecule has 6 rings (SSSR count). The van der Waals surface area contributed by atoms with Gasteiger partial charge in [-0.15, -0.1) is 0 Å². The predicted molar refractivity (Wildman–Crippen MR) is 107 cm³/mol. The summed E-state index contributed by atoms with van der Waals surface area (Å²) in [6, 6.07) is 27.4. The standard InChI is InChI=1S/C26H22/c1-2-10-19-18(9-1)17-26(16-8-7-15-24(19)26)25-22-13-5-3-11-20(22)21-12-4-6-14-23(21)25/h1-7,9-15,24-25H,8,16-17H2. The van der Waals surface area contributed by atoms with Crippen molar-refractivity contribution in [2.45, 2.75) is 31.1 Å². The van der Waals surface area contributed by atoms with Gasteiger partial charge in [0.25, 0.3) is 0 Å². The van der Waals surface area contributed by atoms with E-state index in [1.165, 1.54) is 30.4 Å². The van der Waals surface area contributed by atoms with Crippen molar-refractivity contribution in [2.75, 3.05) is 0 Å². The minimum atomic E-state index is 0.279. The second-order valence-corrected chi connectivity index (χ2v) is 8.16. The fraction of sp³-hybridized carbons (Fsp3) is 0.231. The van der Waals surface area contributed by atoms with Crippen LogP contribution in [0.2, 0.25) is 0 Å². The molecule has 0 aromatic heterocycles. The van der Waals surface area contributed by atoms with E-state index in [0.29, 0.717) is 11.8 Å². The Bertz CT molecular complexity index is 996. The van der Waals surface area contributed by atoms with Crippen molar-refractivity contribution in [2.24, 2.45) is 5.41 Å². The number of rotatable bonds is 1. The van der Waals surface area contributed by atoms with Gasteiger partial charge in [0.2, 0.25) is 0 Å². The van der Waals surface area contributed by atoms with Crippen LogP contribution in [-0.4, -0.2) is 0 Å². The van der Waals surface area contributed by atoms with Gasteiger partial charge in [-0.2, -0.15) is 0 Å². The number of fused-ring (bicyclic) bond motifs is 6. The second kappa shape index (κ2) is 5.20. The molecule has 0 nitrogen and oxygen atoms in total. The molecule has 0 spiro atoms. The van der Waals surface area contributed by atoms with Crippen molar-refractivity contribution < 1.29 is 0 Å². The van der Waals surface area contributed by atoms with Gasteiger partial charge in [0.15, 0.2) is 0 Å². The molecule has 0 bridgehead atoms. The number of benzene rings is 3. The van der Waals surface area contributed by atoms with Crippen LogP contribution in [0.15, 0.2) is 84.9 Å². The molecule has 0 N–H and O–H groups in total. The fourth-order valence-corrected chi connectivity index (χ4v) is 6.10. The van der Waals surface area contributed by atoms with Crippen LogP contribution in [0.3, 0.4) is 0 Å². The Morgan fingerprint density at radius 3 is 2.04 bits per heavy atom. The van der Waals surface area contributed by atoms with Crippen LogP contribution in [0.5, 0.6) is 0 Å². The smallest absolute Gasteiger partial charge is 0.0170 e. The molecule has 3 aromatic rings. The summed E-state index contributed by atoms with van der Waals surface area (Å²) in [7, 11) is 0. The zero-order valence-electron chi connectivity index (χ0n) is 14.9. The molecule has 0 heteroatoms. The normalized spacial score (nSPS) is 25.5. The van der Waals surface area contributed by atoms with Gasteiger partial charge >= 0.3 is 0 Å². The van der Waals surface area contributed by atoms with Crippen LogP contribution in [0.1, 0.15) is 46.9 Å². The Hall–Kier alpha value is -2.60. The Balaban J connectivity index is 1.62. The number of allylic oxidation sites excluding steroid dienone is 2. The second-order valence-electron chi connectivity index (χ2n) is 8.16. The average molecular weight is 334 g/mol. The van der Waals surface area contributed by atoms with E-state index in [4.69, 9.17) is 0 Å². The minimum absolute atomic E-state index is 0.279. The Morgan fingerprint density at radius 2 is 1.31 bits per heavy atom.